The van der Waals surface area contributed by atoms with Gasteiger partial charge in [0.15, 0.2) is 0 Å². The Morgan fingerprint density at radius 2 is 2.44 bits per heavy atom. The number of rotatable bonds is 2. The lowest BCUT2D eigenvalue weighted by Crippen LogP contribution is -1.88. The summed E-state index contributed by atoms with van der Waals surface area (Å²) in [5, 5.41) is 8.73. The molecule has 6 nitrogen and oxygen atoms in total. The summed E-state index contributed by atoms with van der Waals surface area (Å²) in [6.45, 7) is 0. The molecule has 1 aromatic heterocycles. The van der Waals surface area contributed by atoms with Gasteiger partial charge in [-0.25, -0.2) is 0 Å². The minimum absolute atomic E-state index is 0.0499. The average Bonchev–Trinajstić information content (AvgIpc) is 2.15. The van der Waals surface area contributed by atoms with Gasteiger partial charge in [0.05, 0.1) is 6.20 Å². The van der Waals surface area contributed by atoms with Gasteiger partial charge in [-0.2, -0.15) is 8.42 Å². The minimum Gasteiger partial charge on any atom is -0.360 e. The Morgan fingerprint density at radius 3 is 2.89 bits per heavy atom. The smallest absolute Gasteiger partial charge is 0.300 e. The molecule has 1 N–H and O–H groups in total. The van der Waals surface area contributed by atoms with Crippen LogP contribution in [0.15, 0.2) is 6.20 Å². The van der Waals surface area contributed by atoms with Crippen molar-refractivity contribution in [3.63, 3.8) is 0 Å². The van der Waals surface area contributed by atoms with E-state index in [1.54, 1.807) is 0 Å². The summed E-state index contributed by atoms with van der Waals surface area (Å²) < 4.78 is 23.7. The van der Waals surface area contributed by atoms with Crippen LogP contribution < -0.4 is 4.18 Å². The molecule has 0 bridgehead atoms. The average molecular weight is 149 g/mol. The second-order valence-electron chi connectivity index (χ2n) is 1.13. The van der Waals surface area contributed by atoms with Crippen molar-refractivity contribution < 1.29 is 12.6 Å². The summed E-state index contributed by atoms with van der Waals surface area (Å²) in [5.41, 5.74) is 0. The standard InChI is InChI=1S/C2H3N3O3S/c6-9(7)8-2-1-3-5-4-2/h1,9H,(H,3,4,5). The molecule has 0 saturated carbocycles. The van der Waals surface area contributed by atoms with Crippen molar-refractivity contribution in [3.8, 4) is 5.88 Å². The van der Waals surface area contributed by atoms with Gasteiger partial charge in [0, 0.05) is 0 Å². The SMILES string of the molecule is O=[SH](=O)Oc1c[nH]nn1. The van der Waals surface area contributed by atoms with E-state index in [4.69, 9.17) is 0 Å². The van der Waals surface area contributed by atoms with Crippen LogP contribution >= 0.6 is 0 Å². The number of aromatic nitrogens is 3. The topological polar surface area (TPSA) is 84.9 Å². The maximum atomic E-state index is 9.80. The van der Waals surface area contributed by atoms with Gasteiger partial charge in [0.2, 0.25) is 0 Å². The summed E-state index contributed by atoms with van der Waals surface area (Å²) in [6.07, 6.45) is 1.23. The minimum atomic E-state index is -2.87. The summed E-state index contributed by atoms with van der Waals surface area (Å²) >= 11 is 0. The fraction of sp³-hybridized carbons (Fsp3) is 0. The lowest BCUT2D eigenvalue weighted by Gasteiger charge is -1.83. The van der Waals surface area contributed by atoms with E-state index in [1.807, 2.05) is 0 Å². The van der Waals surface area contributed by atoms with E-state index in [1.165, 1.54) is 6.20 Å². The van der Waals surface area contributed by atoms with Gasteiger partial charge in [-0.3, -0.25) is 5.10 Å². The van der Waals surface area contributed by atoms with Gasteiger partial charge in [0.1, 0.15) is 0 Å². The Labute approximate surface area is 52.0 Å². The molecule has 1 heterocycles. The van der Waals surface area contributed by atoms with E-state index in [0.29, 0.717) is 0 Å². The summed E-state index contributed by atoms with van der Waals surface area (Å²) in [5.74, 6) is -0.0499. The van der Waals surface area contributed by atoms with Crippen LogP contribution in [0.25, 0.3) is 0 Å². The number of nitrogens with zero attached hydrogens (tertiary/aromatic N) is 2. The summed E-state index contributed by atoms with van der Waals surface area (Å²) in [7, 11) is -2.87. The third kappa shape index (κ3) is 1.68. The molecule has 0 amide bonds. The molecule has 0 radical (unpaired) electrons. The number of nitrogens with one attached hydrogen (secondary N) is 1. The third-order valence-corrected chi connectivity index (χ3v) is 0.899. The first-order valence-electron chi connectivity index (χ1n) is 1.98. The highest BCUT2D eigenvalue weighted by molar-refractivity contribution is 7.67. The number of aromatic amines is 1. The fourth-order valence-corrected chi connectivity index (χ4v) is 0.554. The molecule has 0 fully saturated rings. The van der Waals surface area contributed by atoms with Gasteiger partial charge in [-0.1, -0.05) is 10.3 Å². The summed E-state index contributed by atoms with van der Waals surface area (Å²) in [4.78, 5) is 0. The number of H-pyrrole nitrogens is 1. The lowest BCUT2D eigenvalue weighted by atomic mass is 10.9. The molecule has 0 aromatic carbocycles. The molecular weight excluding hydrogens is 146 g/mol. The Hall–Kier alpha value is -1.11. The molecule has 7 heteroatoms. The van der Waals surface area contributed by atoms with Crippen LogP contribution in [0.1, 0.15) is 0 Å². The molecule has 0 aliphatic carbocycles. The second-order valence-corrected chi connectivity index (χ2v) is 1.76. The van der Waals surface area contributed by atoms with E-state index in [0.717, 1.165) is 0 Å². The van der Waals surface area contributed by atoms with Crippen molar-refractivity contribution in [2.45, 2.75) is 0 Å². The van der Waals surface area contributed by atoms with Crippen LogP contribution in [-0.2, 0) is 11.0 Å². The van der Waals surface area contributed by atoms with Crippen LogP contribution in [0.2, 0.25) is 0 Å². The normalized spacial score (nSPS) is 9.89. The molecular formula is C2H3N3O3S. The van der Waals surface area contributed by atoms with E-state index < -0.39 is 11.0 Å². The van der Waals surface area contributed by atoms with Crippen molar-refractivity contribution >= 4 is 11.0 Å². The first-order valence-corrected chi connectivity index (χ1v) is 3.07. The quantitative estimate of drug-likeness (QED) is 0.511. The van der Waals surface area contributed by atoms with Crippen LogP contribution in [0.4, 0.5) is 0 Å². The molecule has 1 aromatic rings. The van der Waals surface area contributed by atoms with Crippen LogP contribution in [-0.4, -0.2) is 23.8 Å². The van der Waals surface area contributed by atoms with Crippen LogP contribution in [0.5, 0.6) is 5.88 Å². The number of hydrogen-bond donors (Lipinski definition) is 2. The molecule has 0 spiro atoms. The van der Waals surface area contributed by atoms with E-state index in [-0.39, 0.29) is 5.88 Å². The highest BCUT2D eigenvalue weighted by Crippen LogP contribution is 1.97. The van der Waals surface area contributed by atoms with Crippen molar-refractivity contribution in [1.29, 1.82) is 0 Å². The maximum absolute atomic E-state index is 9.80. The lowest BCUT2D eigenvalue weighted by molar-refractivity contribution is 0.499. The Balaban J connectivity index is 2.68. The van der Waals surface area contributed by atoms with Gasteiger partial charge >= 0.3 is 11.0 Å². The molecule has 0 aliphatic heterocycles. The van der Waals surface area contributed by atoms with Crippen molar-refractivity contribution in [1.82, 2.24) is 15.4 Å². The Kier molecular flexibility index (Phi) is 1.63. The predicted octanol–water partition coefficient (Wildman–Crippen LogP) is -1.29. The van der Waals surface area contributed by atoms with Crippen molar-refractivity contribution in [2.75, 3.05) is 0 Å². The van der Waals surface area contributed by atoms with Gasteiger partial charge in [-0.15, -0.1) is 0 Å². The molecule has 0 aliphatic rings. The molecule has 1 rings (SSSR count). The third-order valence-electron chi connectivity index (χ3n) is 0.562. The highest BCUT2D eigenvalue weighted by Gasteiger charge is 1.93. The van der Waals surface area contributed by atoms with Crippen LogP contribution in [0.3, 0.4) is 0 Å². The number of hydrogen-bond acceptors (Lipinski definition) is 5. The van der Waals surface area contributed by atoms with Crippen LogP contribution in [0, 0.1) is 0 Å². The molecule has 50 valence electrons. The zero-order chi connectivity index (χ0) is 6.69. The molecule has 9 heavy (non-hydrogen) atoms. The molecule has 0 atom stereocenters. The van der Waals surface area contributed by atoms with E-state index >= 15 is 0 Å². The van der Waals surface area contributed by atoms with Gasteiger partial charge in [-0.05, 0) is 0 Å². The van der Waals surface area contributed by atoms with Crippen molar-refractivity contribution in [2.24, 2.45) is 0 Å². The number of thiol groups is 1. The predicted molar refractivity (Wildman–Crippen MR) is 27.3 cm³/mol. The first kappa shape index (κ1) is 6.02. The van der Waals surface area contributed by atoms with E-state index in [9.17, 15) is 8.42 Å². The van der Waals surface area contributed by atoms with Crippen molar-refractivity contribution in [3.05, 3.63) is 6.20 Å². The zero-order valence-electron chi connectivity index (χ0n) is 4.14. The second kappa shape index (κ2) is 2.44. The van der Waals surface area contributed by atoms with E-state index in [2.05, 4.69) is 19.6 Å². The van der Waals surface area contributed by atoms with Gasteiger partial charge in [0.25, 0.3) is 5.88 Å². The Bertz CT molecular complexity index is 232. The monoisotopic (exact) mass is 149 g/mol. The first-order chi connectivity index (χ1) is 4.29. The summed E-state index contributed by atoms with van der Waals surface area (Å²) in [6, 6.07) is 0. The van der Waals surface area contributed by atoms with Gasteiger partial charge < -0.3 is 4.18 Å². The fourth-order valence-electron chi connectivity index (χ4n) is 0.312. The molecule has 0 saturated heterocycles. The largest absolute Gasteiger partial charge is 0.360 e. The molecule has 0 unspecified atom stereocenters. The highest BCUT2D eigenvalue weighted by atomic mass is 32.2. The Morgan fingerprint density at radius 1 is 1.67 bits per heavy atom. The zero-order valence-corrected chi connectivity index (χ0v) is 5.04. The maximum Gasteiger partial charge on any atom is 0.300 e.